The van der Waals surface area contributed by atoms with E-state index in [0.29, 0.717) is 6.54 Å². The number of hydrogen-bond donors (Lipinski definition) is 2. The highest BCUT2D eigenvalue weighted by molar-refractivity contribution is 5.98. The zero-order chi connectivity index (χ0) is 13.1. The molecule has 0 saturated carbocycles. The lowest BCUT2D eigenvalue weighted by atomic mass is 10.1. The number of likely N-dealkylation sites (N-methyl/N-ethyl adjacent to an activating group) is 1. The molecule has 0 saturated heterocycles. The Labute approximate surface area is 104 Å². The zero-order valence-electron chi connectivity index (χ0n) is 10.00. The number of fused-ring (bicyclic) bond motifs is 1. The summed E-state index contributed by atoms with van der Waals surface area (Å²) >= 11 is 0. The molecule has 2 rings (SSSR count). The number of carboxylic acid groups (broad SMARTS) is 1. The fourth-order valence-electron chi connectivity index (χ4n) is 1.86. The number of rotatable bonds is 4. The van der Waals surface area contributed by atoms with Crippen molar-refractivity contribution in [3.63, 3.8) is 0 Å². The van der Waals surface area contributed by atoms with Gasteiger partial charge in [0.1, 0.15) is 5.82 Å². The number of aromatic carboxylic acids is 1. The molecule has 0 unspecified atom stereocenters. The van der Waals surface area contributed by atoms with Crippen LogP contribution in [0.15, 0.2) is 30.5 Å². The standard InChI is InChI=1S/C13H14N2O3/c1-15(6-7-16)12-11-3-2-10(13(17)18)8-9(11)4-5-14-12/h2-5,8,16H,6-7H2,1H3,(H,17,18). The number of pyridine rings is 1. The molecule has 94 valence electrons. The lowest BCUT2D eigenvalue weighted by Gasteiger charge is -2.18. The normalized spacial score (nSPS) is 10.6. The highest BCUT2D eigenvalue weighted by Gasteiger charge is 2.09. The zero-order valence-corrected chi connectivity index (χ0v) is 10.00. The van der Waals surface area contributed by atoms with Crippen LogP contribution in [0.3, 0.4) is 0 Å². The summed E-state index contributed by atoms with van der Waals surface area (Å²) in [6.07, 6.45) is 1.64. The molecule has 5 nitrogen and oxygen atoms in total. The topological polar surface area (TPSA) is 73.7 Å². The Morgan fingerprint density at radius 3 is 2.83 bits per heavy atom. The van der Waals surface area contributed by atoms with Crippen molar-refractivity contribution in [1.29, 1.82) is 0 Å². The summed E-state index contributed by atoms with van der Waals surface area (Å²) in [5.41, 5.74) is 0.254. The van der Waals surface area contributed by atoms with E-state index in [-0.39, 0.29) is 12.2 Å². The average Bonchev–Trinajstić information content (AvgIpc) is 2.37. The van der Waals surface area contributed by atoms with Crippen LogP contribution in [0.5, 0.6) is 0 Å². The lowest BCUT2D eigenvalue weighted by Crippen LogP contribution is -2.22. The second-order valence-corrected chi connectivity index (χ2v) is 4.02. The largest absolute Gasteiger partial charge is 0.478 e. The number of aliphatic hydroxyl groups excluding tert-OH is 1. The van der Waals surface area contributed by atoms with E-state index in [1.165, 1.54) is 0 Å². The van der Waals surface area contributed by atoms with Crippen molar-refractivity contribution < 1.29 is 15.0 Å². The number of carboxylic acids is 1. The van der Waals surface area contributed by atoms with Gasteiger partial charge in [0, 0.05) is 25.2 Å². The first-order chi connectivity index (χ1) is 8.63. The highest BCUT2D eigenvalue weighted by Crippen LogP contribution is 2.24. The van der Waals surface area contributed by atoms with Crippen molar-refractivity contribution in [3.05, 3.63) is 36.0 Å². The first kappa shape index (κ1) is 12.3. The number of nitrogens with zero attached hydrogens (tertiary/aromatic N) is 2. The summed E-state index contributed by atoms with van der Waals surface area (Å²) in [5.74, 6) is -0.211. The third-order valence-electron chi connectivity index (χ3n) is 2.79. The molecule has 2 N–H and O–H groups in total. The average molecular weight is 246 g/mol. The van der Waals surface area contributed by atoms with Crippen LogP contribution in [-0.2, 0) is 0 Å². The van der Waals surface area contributed by atoms with Gasteiger partial charge >= 0.3 is 5.97 Å². The lowest BCUT2D eigenvalue weighted by molar-refractivity contribution is 0.0697. The van der Waals surface area contributed by atoms with Crippen LogP contribution in [0.1, 0.15) is 10.4 Å². The first-order valence-electron chi connectivity index (χ1n) is 5.57. The van der Waals surface area contributed by atoms with E-state index >= 15 is 0 Å². The summed E-state index contributed by atoms with van der Waals surface area (Å²) in [4.78, 5) is 17.0. The second-order valence-electron chi connectivity index (χ2n) is 4.02. The van der Waals surface area contributed by atoms with Crippen molar-refractivity contribution in [2.45, 2.75) is 0 Å². The first-order valence-corrected chi connectivity index (χ1v) is 5.57. The minimum Gasteiger partial charge on any atom is -0.478 e. The van der Waals surface area contributed by atoms with Crippen LogP contribution in [0.4, 0.5) is 5.82 Å². The Bertz CT molecular complexity index is 583. The Hall–Kier alpha value is -2.14. The Kier molecular flexibility index (Phi) is 3.43. The molecule has 1 aromatic heterocycles. The van der Waals surface area contributed by atoms with Crippen LogP contribution in [0.25, 0.3) is 10.8 Å². The molecule has 0 aliphatic rings. The van der Waals surface area contributed by atoms with Gasteiger partial charge in [-0.05, 0) is 29.7 Å². The van der Waals surface area contributed by atoms with Gasteiger partial charge in [-0.2, -0.15) is 0 Å². The number of carbonyl (C=O) groups is 1. The smallest absolute Gasteiger partial charge is 0.335 e. The quantitative estimate of drug-likeness (QED) is 0.852. The Balaban J connectivity index is 2.53. The van der Waals surface area contributed by atoms with Gasteiger partial charge in [-0.15, -0.1) is 0 Å². The summed E-state index contributed by atoms with van der Waals surface area (Å²) < 4.78 is 0. The molecule has 1 heterocycles. The summed E-state index contributed by atoms with van der Waals surface area (Å²) in [7, 11) is 1.84. The summed E-state index contributed by atoms with van der Waals surface area (Å²) in [6, 6.07) is 6.70. The SMILES string of the molecule is CN(CCO)c1nccc2cc(C(=O)O)ccc12. The van der Waals surface area contributed by atoms with Gasteiger partial charge in [0.15, 0.2) is 0 Å². The molecular weight excluding hydrogens is 232 g/mol. The van der Waals surface area contributed by atoms with E-state index in [1.54, 1.807) is 30.5 Å². The molecule has 0 bridgehead atoms. The molecule has 5 heteroatoms. The van der Waals surface area contributed by atoms with Gasteiger partial charge in [0.25, 0.3) is 0 Å². The van der Waals surface area contributed by atoms with Gasteiger partial charge < -0.3 is 15.1 Å². The van der Waals surface area contributed by atoms with Crippen LogP contribution in [-0.4, -0.2) is 41.4 Å². The third-order valence-corrected chi connectivity index (χ3v) is 2.79. The van der Waals surface area contributed by atoms with Crippen molar-refractivity contribution in [2.24, 2.45) is 0 Å². The van der Waals surface area contributed by atoms with Crippen molar-refractivity contribution >= 4 is 22.6 Å². The molecular formula is C13H14N2O3. The van der Waals surface area contributed by atoms with Gasteiger partial charge in [0.2, 0.25) is 0 Å². The molecule has 0 amide bonds. The van der Waals surface area contributed by atoms with Gasteiger partial charge in [0.05, 0.1) is 12.2 Å². The maximum atomic E-state index is 10.9. The monoisotopic (exact) mass is 246 g/mol. The van der Waals surface area contributed by atoms with Crippen LogP contribution < -0.4 is 4.90 Å². The number of anilines is 1. The molecule has 1 aromatic carbocycles. The molecule has 0 spiro atoms. The van der Waals surface area contributed by atoms with Crippen molar-refractivity contribution in [1.82, 2.24) is 4.98 Å². The second kappa shape index (κ2) is 5.01. The van der Waals surface area contributed by atoms with Gasteiger partial charge in [-0.3, -0.25) is 0 Å². The predicted molar refractivity (Wildman–Crippen MR) is 69.1 cm³/mol. The third kappa shape index (κ3) is 2.26. The number of benzene rings is 1. The van der Waals surface area contributed by atoms with Gasteiger partial charge in [-0.25, -0.2) is 9.78 Å². The summed E-state index contributed by atoms with van der Waals surface area (Å²) in [5, 5.41) is 19.6. The molecule has 2 aromatic rings. The van der Waals surface area contributed by atoms with Gasteiger partial charge in [-0.1, -0.05) is 0 Å². The highest BCUT2D eigenvalue weighted by atomic mass is 16.4. The minimum atomic E-state index is -0.945. The molecule has 0 aliphatic carbocycles. The van der Waals surface area contributed by atoms with Crippen LogP contribution >= 0.6 is 0 Å². The molecule has 0 radical (unpaired) electrons. The van der Waals surface area contributed by atoms with Crippen molar-refractivity contribution in [3.8, 4) is 0 Å². The van der Waals surface area contributed by atoms with E-state index in [0.717, 1.165) is 16.6 Å². The van der Waals surface area contributed by atoms with Crippen LogP contribution in [0, 0.1) is 0 Å². The molecule has 0 atom stereocenters. The minimum absolute atomic E-state index is 0.0434. The Morgan fingerprint density at radius 2 is 2.17 bits per heavy atom. The maximum Gasteiger partial charge on any atom is 0.335 e. The maximum absolute atomic E-state index is 10.9. The molecule has 18 heavy (non-hydrogen) atoms. The van der Waals surface area contributed by atoms with Crippen molar-refractivity contribution in [2.75, 3.05) is 25.1 Å². The molecule has 0 fully saturated rings. The van der Waals surface area contributed by atoms with E-state index < -0.39 is 5.97 Å². The van der Waals surface area contributed by atoms with E-state index in [1.807, 2.05) is 11.9 Å². The fourth-order valence-corrected chi connectivity index (χ4v) is 1.86. The molecule has 0 aliphatic heterocycles. The number of aromatic nitrogens is 1. The van der Waals surface area contributed by atoms with E-state index in [2.05, 4.69) is 4.98 Å². The van der Waals surface area contributed by atoms with E-state index in [4.69, 9.17) is 10.2 Å². The fraction of sp³-hybridized carbons (Fsp3) is 0.231. The predicted octanol–water partition coefficient (Wildman–Crippen LogP) is 1.36. The van der Waals surface area contributed by atoms with E-state index in [9.17, 15) is 4.79 Å². The van der Waals surface area contributed by atoms with Crippen LogP contribution in [0.2, 0.25) is 0 Å². The summed E-state index contributed by atoms with van der Waals surface area (Å²) in [6.45, 7) is 0.522. The number of aliphatic hydroxyl groups is 1. The Morgan fingerprint density at radius 1 is 1.39 bits per heavy atom. The number of hydrogen-bond acceptors (Lipinski definition) is 4.